The van der Waals surface area contributed by atoms with Gasteiger partial charge in [0, 0.05) is 5.38 Å². The van der Waals surface area contributed by atoms with Gasteiger partial charge in [-0.1, -0.05) is 119 Å². The fraction of sp³-hybridized carbons (Fsp3) is 0.0741. The number of rotatable bonds is 10. The molecule has 9 heteroatoms. The molecule has 1 heterocycles. The van der Waals surface area contributed by atoms with E-state index in [0.29, 0.717) is 5.13 Å². The summed E-state index contributed by atoms with van der Waals surface area (Å²) in [6, 6.07) is 30.1. The lowest BCUT2D eigenvalue weighted by atomic mass is 9.77. The van der Waals surface area contributed by atoms with E-state index < -0.39 is 11.5 Å². The molecule has 0 radical (unpaired) electrons. The lowest BCUT2D eigenvalue weighted by molar-refractivity contribution is -0.129. The number of benzene rings is 3. The Bertz CT molecular complexity index is 1260. The minimum Gasteiger partial charge on any atom is -0.476 e. The molecule has 0 aliphatic rings. The van der Waals surface area contributed by atoms with E-state index in [1.807, 2.05) is 54.6 Å². The van der Waals surface area contributed by atoms with E-state index in [0.717, 1.165) is 16.7 Å². The molecule has 0 aliphatic carbocycles. The minimum absolute atomic E-state index is 0.00120. The number of carboxylic acid groups (broad SMARTS) is 1. The Morgan fingerprint density at radius 3 is 1.89 bits per heavy atom. The Kier molecular flexibility index (Phi) is 8.38. The molecule has 6 nitrogen and oxygen atoms in total. The van der Waals surface area contributed by atoms with Crippen LogP contribution in [0.3, 0.4) is 0 Å². The first-order valence-corrected chi connectivity index (χ1v) is 12.5. The van der Waals surface area contributed by atoms with Gasteiger partial charge in [-0.2, -0.15) is 0 Å². The van der Waals surface area contributed by atoms with Gasteiger partial charge in [-0.15, -0.1) is 11.3 Å². The van der Waals surface area contributed by atoms with Crippen molar-refractivity contribution in [2.75, 3.05) is 11.9 Å². The van der Waals surface area contributed by atoms with Gasteiger partial charge in [-0.05, 0) is 22.8 Å². The zero-order valence-corrected chi connectivity index (χ0v) is 21.2. The summed E-state index contributed by atoms with van der Waals surface area (Å²) in [6.45, 7) is -0.0759. The van der Waals surface area contributed by atoms with Crippen molar-refractivity contribution >= 4 is 51.4 Å². The highest BCUT2D eigenvalue weighted by Gasteiger charge is 2.37. The normalized spacial score (nSPS) is 11.6. The van der Waals surface area contributed by atoms with Crippen LogP contribution < -0.4 is 5.32 Å². The van der Waals surface area contributed by atoms with Crippen LogP contribution in [0.2, 0.25) is 0 Å². The van der Waals surface area contributed by atoms with Crippen molar-refractivity contribution in [1.29, 1.82) is 0 Å². The maximum atomic E-state index is 11.9. The van der Waals surface area contributed by atoms with Crippen LogP contribution in [0.15, 0.2) is 112 Å². The van der Waals surface area contributed by atoms with Crippen LogP contribution >= 0.6 is 34.5 Å². The predicted molar refractivity (Wildman–Crippen MR) is 145 cm³/mol. The molecule has 0 amide bonds. The summed E-state index contributed by atoms with van der Waals surface area (Å²) in [5.74, 6) is -1.27. The fourth-order valence-corrected chi connectivity index (χ4v) is 4.66. The molecule has 2 N–H and O–H groups in total. The molecule has 0 spiro atoms. The summed E-state index contributed by atoms with van der Waals surface area (Å²) >= 11 is 12.4. The lowest BCUT2D eigenvalue weighted by Crippen LogP contribution is -2.38. The molecule has 0 aliphatic heterocycles. The summed E-state index contributed by atoms with van der Waals surface area (Å²) < 4.78 is 0.00120. The molecule has 36 heavy (non-hydrogen) atoms. The van der Waals surface area contributed by atoms with Crippen molar-refractivity contribution in [2.24, 2.45) is 5.16 Å². The topological polar surface area (TPSA) is 83.8 Å². The molecule has 182 valence electrons. The first kappa shape index (κ1) is 25.4. The summed E-state index contributed by atoms with van der Waals surface area (Å²) in [5, 5.41) is 19.1. The van der Waals surface area contributed by atoms with Crippen LogP contribution in [0.5, 0.6) is 0 Å². The van der Waals surface area contributed by atoms with Crippen LogP contribution in [-0.2, 0) is 15.2 Å². The number of halogens is 2. The van der Waals surface area contributed by atoms with Gasteiger partial charge >= 0.3 is 5.97 Å². The molecule has 0 bridgehead atoms. The predicted octanol–water partition coefficient (Wildman–Crippen LogP) is 6.67. The molecule has 3 aromatic carbocycles. The quantitative estimate of drug-likeness (QED) is 0.102. The Morgan fingerprint density at radius 2 is 1.44 bits per heavy atom. The van der Waals surface area contributed by atoms with E-state index >= 15 is 0 Å². The van der Waals surface area contributed by atoms with Crippen molar-refractivity contribution in [3.05, 3.63) is 129 Å². The van der Waals surface area contributed by atoms with Gasteiger partial charge in [-0.3, -0.25) is 0 Å². The number of nitrogens with zero attached hydrogens (tertiary/aromatic N) is 2. The smallest absolute Gasteiger partial charge is 0.360 e. The molecule has 4 rings (SSSR count). The monoisotopic (exact) mass is 537 g/mol. The highest BCUT2D eigenvalue weighted by molar-refractivity contribution is 7.14. The van der Waals surface area contributed by atoms with Crippen molar-refractivity contribution in [2.45, 2.75) is 5.54 Å². The fourth-order valence-electron chi connectivity index (χ4n) is 3.78. The Balaban J connectivity index is 1.79. The Labute approximate surface area is 222 Å². The number of carbonyl (C=O) groups is 1. The molecular weight excluding hydrogens is 517 g/mol. The van der Waals surface area contributed by atoms with E-state index in [1.54, 1.807) is 5.38 Å². The Hall–Kier alpha value is -3.65. The number of thiazole rings is 1. The van der Waals surface area contributed by atoms with Gasteiger partial charge in [0.1, 0.15) is 22.3 Å². The van der Waals surface area contributed by atoms with E-state index in [1.165, 1.54) is 17.4 Å². The van der Waals surface area contributed by atoms with Crippen LogP contribution in [-0.4, -0.2) is 28.4 Å². The maximum Gasteiger partial charge on any atom is 0.360 e. The zero-order chi connectivity index (χ0) is 25.4. The third-order valence-electron chi connectivity index (χ3n) is 5.33. The van der Waals surface area contributed by atoms with Gasteiger partial charge in [0.15, 0.2) is 5.13 Å². The average Bonchev–Trinajstić information content (AvgIpc) is 3.36. The van der Waals surface area contributed by atoms with Crippen molar-refractivity contribution in [1.82, 2.24) is 4.98 Å². The molecule has 4 aromatic rings. The van der Waals surface area contributed by atoms with E-state index in [9.17, 15) is 9.90 Å². The number of nitrogens with one attached hydrogen (secondary N) is 1. The van der Waals surface area contributed by atoms with Crippen LogP contribution in [0.4, 0.5) is 5.13 Å². The SMILES string of the molecule is O=C(O)/C(=N\OCC=C(Cl)Cl)c1csc(NC(c2ccccc2)(c2ccccc2)c2ccccc2)n1. The largest absolute Gasteiger partial charge is 0.476 e. The number of aliphatic carboxylic acids is 1. The summed E-state index contributed by atoms with van der Waals surface area (Å²) in [7, 11) is 0. The van der Waals surface area contributed by atoms with Crippen LogP contribution in [0.25, 0.3) is 0 Å². The van der Waals surface area contributed by atoms with Gasteiger partial charge in [0.2, 0.25) is 5.71 Å². The maximum absolute atomic E-state index is 11.9. The summed E-state index contributed by atoms with van der Waals surface area (Å²) in [6.07, 6.45) is 1.36. The second-order valence-corrected chi connectivity index (χ2v) is 9.41. The Morgan fingerprint density at radius 1 is 0.944 bits per heavy atom. The number of hydrogen-bond donors (Lipinski definition) is 2. The number of aromatic nitrogens is 1. The van der Waals surface area contributed by atoms with E-state index in [2.05, 4.69) is 51.9 Å². The molecular formula is C27H21Cl2N3O3S. The third kappa shape index (κ3) is 5.76. The number of oxime groups is 1. The second kappa shape index (κ2) is 11.9. The van der Waals surface area contributed by atoms with E-state index in [-0.39, 0.29) is 22.5 Å². The van der Waals surface area contributed by atoms with Crippen LogP contribution in [0.1, 0.15) is 22.4 Å². The second-order valence-electron chi connectivity index (χ2n) is 7.55. The van der Waals surface area contributed by atoms with Crippen molar-refractivity contribution in [3.63, 3.8) is 0 Å². The minimum atomic E-state index is -1.27. The van der Waals surface area contributed by atoms with Crippen molar-refractivity contribution < 1.29 is 14.7 Å². The zero-order valence-electron chi connectivity index (χ0n) is 18.8. The lowest BCUT2D eigenvalue weighted by Gasteiger charge is -2.36. The van der Waals surface area contributed by atoms with Crippen LogP contribution in [0, 0.1) is 0 Å². The van der Waals surface area contributed by atoms with E-state index in [4.69, 9.17) is 28.0 Å². The van der Waals surface area contributed by atoms with Gasteiger partial charge in [-0.25, -0.2) is 9.78 Å². The number of hydrogen-bond acceptors (Lipinski definition) is 6. The third-order valence-corrected chi connectivity index (χ3v) is 6.40. The number of anilines is 1. The molecule has 0 fully saturated rings. The standard InChI is InChI=1S/C27H21Cl2N3O3S/c28-23(29)16-17-35-32-24(25(33)34)22-18-36-26(30-22)31-27(19-10-4-1-5-11-19,20-12-6-2-7-13-20)21-14-8-3-9-15-21/h1-16,18H,17H2,(H,30,31)(H,33,34)/b32-24-. The van der Waals surface area contributed by atoms with Crippen molar-refractivity contribution in [3.8, 4) is 0 Å². The van der Waals surface area contributed by atoms with Gasteiger partial charge in [0.25, 0.3) is 0 Å². The van der Waals surface area contributed by atoms with Gasteiger partial charge < -0.3 is 15.3 Å². The molecule has 0 atom stereocenters. The highest BCUT2D eigenvalue weighted by atomic mass is 35.5. The highest BCUT2D eigenvalue weighted by Crippen LogP contribution is 2.40. The molecule has 1 aromatic heterocycles. The number of carboxylic acids is 1. The molecule has 0 saturated carbocycles. The first-order chi connectivity index (χ1) is 17.5. The summed E-state index contributed by atoms with van der Waals surface area (Å²) in [4.78, 5) is 21.5. The average molecular weight is 538 g/mol. The van der Waals surface area contributed by atoms with Gasteiger partial charge in [0.05, 0.1) is 0 Å². The molecule has 0 unspecified atom stereocenters. The first-order valence-electron chi connectivity index (χ1n) is 10.9. The molecule has 0 saturated heterocycles. The summed E-state index contributed by atoms with van der Waals surface area (Å²) in [5.41, 5.74) is 2.04.